The average Bonchev–Trinajstić information content (AvgIpc) is 2.38. The molecule has 0 spiro atoms. The third-order valence-electron chi connectivity index (χ3n) is 3.25. The topological polar surface area (TPSA) is 9.23 Å². The highest BCUT2D eigenvalue weighted by atomic mass is 28.2. The molecule has 1 aromatic rings. The van der Waals surface area contributed by atoms with Gasteiger partial charge in [0.05, 0.1) is 0 Å². The molecule has 1 nitrogen and oxygen atoms in total. The molecule has 0 N–H and O–H groups in total. The van der Waals surface area contributed by atoms with Crippen LogP contribution < -0.4 is 0 Å². The lowest BCUT2D eigenvalue weighted by Gasteiger charge is -2.27. The largest absolute Gasteiger partial charge is 0.423 e. The molecule has 7 heteroatoms. The average molecular weight is 312 g/mol. The summed E-state index contributed by atoms with van der Waals surface area (Å²) in [5, 5.41) is 0. The van der Waals surface area contributed by atoms with E-state index in [4.69, 9.17) is 4.43 Å². The lowest BCUT2D eigenvalue weighted by atomic mass is 9.89. The van der Waals surface area contributed by atoms with Crippen molar-refractivity contribution in [1.29, 1.82) is 0 Å². The molecule has 1 rings (SSSR count). The fraction of sp³-hybridized carbons (Fsp3) is 0.538. The molecular weight excluding hydrogens is 295 g/mol. The van der Waals surface area contributed by atoms with E-state index in [0.29, 0.717) is 16.9 Å². The van der Waals surface area contributed by atoms with Crippen molar-refractivity contribution in [2.24, 2.45) is 5.92 Å². The summed E-state index contributed by atoms with van der Waals surface area (Å²) in [6.07, 6.45) is 0.218. The summed E-state index contributed by atoms with van der Waals surface area (Å²) in [5.74, 6) is -9.71. The summed E-state index contributed by atoms with van der Waals surface area (Å²) in [4.78, 5) is 0. The zero-order valence-corrected chi connectivity index (χ0v) is 13.8. The molecule has 0 radical (unpaired) electrons. The second-order valence-electron chi connectivity index (χ2n) is 5.53. The molecule has 114 valence electrons. The summed E-state index contributed by atoms with van der Waals surface area (Å²) in [6, 6.07) is 0. The van der Waals surface area contributed by atoms with Gasteiger partial charge in [0.25, 0.3) is 0 Å². The number of hydrogen-bond donors (Lipinski definition) is 0. The van der Waals surface area contributed by atoms with E-state index in [0.717, 1.165) is 0 Å². The maximum atomic E-state index is 13.5. The lowest BCUT2D eigenvalue weighted by molar-refractivity contribution is 0.0935. The Kier molecular flexibility index (Phi) is 5.31. The van der Waals surface area contributed by atoms with Crippen LogP contribution in [0.1, 0.15) is 32.8 Å². The first-order valence-electron chi connectivity index (χ1n) is 6.16. The molecule has 0 heterocycles. The molecule has 0 aromatic heterocycles. The van der Waals surface area contributed by atoms with E-state index >= 15 is 0 Å². The molecule has 0 saturated carbocycles. The number of halogens is 5. The highest BCUT2D eigenvalue weighted by molar-refractivity contribution is 5.98. The molecular formula is C13H17F5OSi. The fourth-order valence-electron chi connectivity index (χ4n) is 2.17. The Labute approximate surface area is 117 Å². The van der Waals surface area contributed by atoms with E-state index in [9.17, 15) is 22.0 Å². The molecule has 0 aliphatic carbocycles. The quantitative estimate of drug-likeness (QED) is 0.351. The van der Waals surface area contributed by atoms with Gasteiger partial charge in [0.1, 0.15) is 10.5 Å². The molecule has 0 saturated heterocycles. The minimum Gasteiger partial charge on any atom is -0.423 e. The number of rotatable bonds is 5. The lowest BCUT2D eigenvalue weighted by Crippen LogP contribution is -2.27. The molecule has 20 heavy (non-hydrogen) atoms. The number of benzene rings is 1. The first kappa shape index (κ1) is 17.1. The summed E-state index contributed by atoms with van der Waals surface area (Å²) in [7, 11) is 0.500. The Morgan fingerprint density at radius 3 is 1.75 bits per heavy atom. The summed E-state index contributed by atoms with van der Waals surface area (Å²) >= 11 is 0. The summed E-state index contributed by atoms with van der Waals surface area (Å²) in [5.41, 5.74) is -1.24. The molecule has 0 fully saturated rings. The van der Waals surface area contributed by atoms with E-state index in [-0.39, 0.29) is 12.3 Å². The third-order valence-corrected chi connectivity index (χ3v) is 4.35. The van der Waals surface area contributed by atoms with Crippen molar-refractivity contribution in [3.8, 4) is 0 Å². The van der Waals surface area contributed by atoms with Crippen molar-refractivity contribution in [2.75, 3.05) is 0 Å². The minimum absolute atomic E-state index is 0.236. The van der Waals surface area contributed by atoms with Gasteiger partial charge in [-0.3, -0.25) is 0 Å². The molecule has 1 atom stereocenters. The highest BCUT2D eigenvalue weighted by Gasteiger charge is 2.28. The Bertz CT molecular complexity index is 475. The van der Waals surface area contributed by atoms with E-state index in [2.05, 4.69) is 0 Å². The predicted molar refractivity (Wildman–Crippen MR) is 68.8 cm³/mol. The van der Waals surface area contributed by atoms with Crippen LogP contribution in [0.5, 0.6) is 0 Å². The highest BCUT2D eigenvalue weighted by Crippen LogP contribution is 2.28. The molecule has 0 aliphatic heterocycles. The van der Waals surface area contributed by atoms with Gasteiger partial charge in [0, 0.05) is 11.2 Å². The second kappa shape index (κ2) is 6.22. The standard InChI is InChI=1S/C13H17F5OSi/c1-6(5-13(2,3)19-20)4-7-8(14)10(16)12(18)11(17)9(7)15/h6H,4-5H2,1-3,20H3. The molecule has 0 aliphatic rings. The van der Waals surface area contributed by atoms with Gasteiger partial charge in [-0.25, -0.2) is 22.0 Å². The van der Waals surface area contributed by atoms with Crippen molar-refractivity contribution < 1.29 is 26.4 Å². The monoisotopic (exact) mass is 312 g/mol. The van der Waals surface area contributed by atoms with Gasteiger partial charge in [-0.05, 0) is 32.6 Å². The van der Waals surface area contributed by atoms with Crippen molar-refractivity contribution >= 4 is 10.5 Å². The van der Waals surface area contributed by atoms with Crippen LogP contribution in [0.4, 0.5) is 22.0 Å². The minimum atomic E-state index is -2.13. The van der Waals surface area contributed by atoms with E-state index in [1.54, 1.807) is 6.92 Å². The fourth-order valence-corrected chi connectivity index (χ4v) is 2.34. The Morgan fingerprint density at radius 2 is 1.35 bits per heavy atom. The van der Waals surface area contributed by atoms with E-state index < -0.39 is 40.3 Å². The van der Waals surface area contributed by atoms with Crippen LogP contribution in [-0.4, -0.2) is 16.1 Å². The van der Waals surface area contributed by atoms with Gasteiger partial charge in [0.2, 0.25) is 5.82 Å². The molecule has 0 amide bonds. The van der Waals surface area contributed by atoms with Crippen LogP contribution in [0.15, 0.2) is 0 Å². The van der Waals surface area contributed by atoms with E-state index in [1.807, 2.05) is 13.8 Å². The second-order valence-corrected chi connectivity index (χ2v) is 5.93. The van der Waals surface area contributed by atoms with Gasteiger partial charge in [-0.2, -0.15) is 0 Å². The van der Waals surface area contributed by atoms with Gasteiger partial charge >= 0.3 is 0 Å². The maximum Gasteiger partial charge on any atom is 0.200 e. The summed E-state index contributed by atoms with van der Waals surface area (Å²) < 4.78 is 71.5. The number of hydrogen-bond acceptors (Lipinski definition) is 1. The zero-order chi connectivity index (χ0) is 15.7. The van der Waals surface area contributed by atoms with Crippen LogP contribution in [-0.2, 0) is 10.8 Å². The van der Waals surface area contributed by atoms with Gasteiger partial charge in [0.15, 0.2) is 23.3 Å². The van der Waals surface area contributed by atoms with Crippen molar-refractivity contribution in [3.05, 3.63) is 34.6 Å². The zero-order valence-electron chi connectivity index (χ0n) is 11.8. The van der Waals surface area contributed by atoms with E-state index in [1.165, 1.54) is 0 Å². The Hall–Kier alpha value is -0.953. The van der Waals surface area contributed by atoms with Crippen LogP contribution in [0, 0.1) is 35.0 Å². The predicted octanol–water partition coefficient (Wildman–Crippen LogP) is 3.03. The van der Waals surface area contributed by atoms with Crippen LogP contribution >= 0.6 is 0 Å². The summed E-state index contributed by atoms with van der Waals surface area (Å²) in [6.45, 7) is 5.31. The van der Waals surface area contributed by atoms with Gasteiger partial charge < -0.3 is 4.43 Å². The SMILES string of the molecule is CC(Cc1c(F)c(F)c(F)c(F)c1F)CC(C)(C)O[SiH3]. The first-order chi connectivity index (χ1) is 9.10. The van der Waals surface area contributed by atoms with Gasteiger partial charge in [-0.1, -0.05) is 6.92 Å². The normalized spacial score (nSPS) is 13.8. The van der Waals surface area contributed by atoms with Gasteiger partial charge in [-0.15, -0.1) is 0 Å². The maximum absolute atomic E-state index is 13.5. The third kappa shape index (κ3) is 3.57. The first-order valence-corrected chi connectivity index (χ1v) is 6.97. The van der Waals surface area contributed by atoms with Crippen molar-refractivity contribution in [1.82, 2.24) is 0 Å². The Balaban J connectivity index is 3.05. The van der Waals surface area contributed by atoms with Crippen LogP contribution in [0.25, 0.3) is 0 Å². The Morgan fingerprint density at radius 1 is 0.950 bits per heavy atom. The molecule has 0 bridgehead atoms. The molecule has 1 aromatic carbocycles. The van der Waals surface area contributed by atoms with Crippen LogP contribution in [0.3, 0.4) is 0 Å². The smallest absolute Gasteiger partial charge is 0.200 e. The van der Waals surface area contributed by atoms with Crippen molar-refractivity contribution in [3.63, 3.8) is 0 Å². The van der Waals surface area contributed by atoms with Crippen LogP contribution in [0.2, 0.25) is 0 Å². The van der Waals surface area contributed by atoms with Crippen molar-refractivity contribution in [2.45, 2.75) is 39.2 Å². The molecule has 1 unspecified atom stereocenters.